The summed E-state index contributed by atoms with van der Waals surface area (Å²) in [5, 5.41) is 16.0. The Bertz CT molecular complexity index is 586. The number of aryl methyl sites for hydroxylation is 2. The number of rotatable bonds is 6. The smallest absolute Gasteiger partial charge is 0.165 e. The summed E-state index contributed by atoms with van der Waals surface area (Å²) in [6, 6.07) is 2.01. The summed E-state index contributed by atoms with van der Waals surface area (Å²) in [5.74, 6) is 1.83. The van der Waals surface area contributed by atoms with Gasteiger partial charge in [0.1, 0.15) is 5.76 Å². The van der Waals surface area contributed by atoms with Crippen molar-refractivity contribution in [2.24, 2.45) is 0 Å². The van der Waals surface area contributed by atoms with E-state index in [2.05, 4.69) is 37.4 Å². The van der Waals surface area contributed by atoms with E-state index in [1.54, 1.807) is 0 Å². The van der Waals surface area contributed by atoms with E-state index in [0.29, 0.717) is 0 Å². The number of hydrogen-bond acceptors (Lipinski definition) is 7. The number of piperazine rings is 1. The molecular weight excluding hydrogens is 282 g/mol. The van der Waals surface area contributed by atoms with Crippen LogP contribution in [0.15, 0.2) is 10.6 Å². The van der Waals surface area contributed by atoms with Crippen LogP contribution in [0.4, 0.5) is 0 Å². The maximum atomic E-state index is 5.12. The molecule has 8 heteroatoms. The molecule has 1 aliphatic heterocycles. The van der Waals surface area contributed by atoms with E-state index in [9.17, 15) is 0 Å². The normalized spacial score (nSPS) is 17.2. The summed E-state index contributed by atoms with van der Waals surface area (Å²) in [7, 11) is 0. The maximum absolute atomic E-state index is 5.12. The Morgan fingerprint density at radius 2 is 1.86 bits per heavy atom. The van der Waals surface area contributed by atoms with Gasteiger partial charge in [0, 0.05) is 45.3 Å². The Morgan fingerprint density at radius 1 is 1.14 bits per heavy atom. The van der Waals surface area contributed by atoms with Gasteiger partial charge in [0.05, 0.1) is 12.2 Å². The summed E-state index contributed by atoms with van der Waals surface area (Å²) in [6.45, 7) is 10.7. The third-order valence-electron chi connectivity index (χ3n) is 3.93. The van der Waals surface area contributed by atoms with Crippen LogP contribution in [0.3, 0.4) is 0 Å². The quantitative estimate of drug-likeness (QED) is 0.777. The molecule has 3 heterocycles. The molecule has 0 N–H and O–H groups in total. The summed E-state index contributed by atoms with van der Waals surface area (Å²) >= 11 is 0. The van der Waals surface area contributed by atoms with Crippen molar-refractivity contribution in [1.29, 1.82) is 0 Å². The SMILES string of the molecule is CCCn1nnnc1CN1CCN(Cc2cc(C)on2)CC1. The highest BCUT2D eigenvalue weighted by atomic mass is 16.5. The molecule has 22 heavy (non-hydrogen) atoms. The van der Waals surface area contributed by atoms with Crippen molar-refractivity contribution in [2.45, 2.75) is 39.9 Å². The number of aromatic nitrogens is 5. The maximum Gasteiger partial charge on any atom is 0.165 e. The van der Waals surface area contributed by atoms with E-state index in [1.807, 2.05) is 17.7 Å². The average molecular weight is 305 g/mol. The van der Waals surface area contributed by atoms with Crippen molar-refractivity contribution >= 4 is 0 Å². The minimum Gasteiger partial charge on any atom is -0.361 e. The van der Waals surface area contributed by atoms with Crippen molar-refractivity contribution in [3.05, 3.63) is 23.3 Å². The Morgan fingerprint density at radius 3 is 2.50 bits per heavy atom. The highest BCUT2D eigenvalue weighted by molar-refractivity contribution is 5.03. The Labute approximate surface area is 130 Å². The molecule has 0 atom stereocenters. The van der Waals surface area contributed by atoms with Crippen molar-refractivity contribution in [3.8, 4) is 0 Å². The summed E-state index contributed by atoms with van der Waals surface area (Å²) < 4.78 is 7.03. The molecule has 3 rings (SSSR count). The molecule has 2 aromatic rings. The lowest BCUT2D eigenvalue weighted by Crippen LogP contribution is -2.45. The minimum absolute atomic E-state index is 0.823. The van der Waals surface area contributed by atoms with Crippen LogP contribution < -0.4 is 0 Å². The fraction of sp³-hybridized carbons (Fsp3) is 0.714. The molecular formula is C14H23N7O. The molecule has 0 bridgehead atoms. The van der Waals surface area contributed by atoms with Crippen LogP contribution in [-0.2, 0) is 19.6 Å². The van der Waals surface area contributed by atoms with Crippen molar-refractivity contribution in [1.82, 2.24) is 35.2 Å². The van der Waals surface area contributed by atoms with Gasteiger partial charge in [-0.3, -0.25) is 9.80 Å². The second-order valence-electron chi connectivity index (χ2n) is 5.80. The lowest BCUT2D eigenvalue weighted by Gasteiger charge is -2.33. The highest BCUT2D eigenvalue weighted by Gasteiger charge is 2.20. The fourth-order valence-corrected chi connectivity index (χ4v) is 2.75. The van der Waals surface area contributed by atoms with Gasteiger partial charge in [-0.25, -0.2) is 4.68 Å². The van der Waals surface area contributed by atoms with Gasteiger partial charge in [0.15, 0.2) is 5.82 Å². The van der Waals surface area contributed by atoms with Gasteiger partial charge in [-0.05, 0) is 23.8 Å². The Balaban J connectivity index is 1.48. The van der Waals surface area contributed by atoms with Gasteiger partial charge in [0.2, 0.25) is 0 Å². The summed E-state index contributed by atoms with van der Waals surface area (Å²) in [6.07, 6.45) is 1.04. The van der Waals surface area contributed by atoms with Crippen LogP contribution in [0, 0.1) is 6.92 Å². The van der Waals surface area contributed by atoms with Crippen molar-refractivity contribution in [3.63, 3.8) is 0 Å². The van der Waals surface area contributed by atoms with Crippen molar-refractivity contribution in [2.75, 3.05) is 26.2 Å². The van der Waals surface area contributed by atoms with Gasteiger partial charge >= 0.3 is 0 Å². The molecule has 0 radical (unpaired) electrons. The predicted octanol–water partition coefficient (Wildman–Crippen LogP) is 0.697. The monoisotopic (exact) mass is 305 g/mol. The predicted molar refractivity (Wildman–Crippen MR) is 79.9 cm³/mol. The van der Waals surface area contributed by atoms with Gasteiger partial charge in [-0.15, -0.1) is 5.10 Å². The number of hydrogen-bond donors (Lipinski definition) is 0. The van der Waals surface area contributed by atoms with E-state index in [-0.39, 0.29) is 0 Å². The molecule has 0 spiro atoms. The van der Waals surface area contributed by atoms with Crippen LogP contribution in [-0.4, -0.2) is 61.3 Å². The Kier molecular flexibility index (Phi) is 4.79. The van der Waals surface area contributed by atoms with E-state index in [0.717, 1.165) is 69.5 Å². The van der Waals surface area contributed by atoms with Crippen molar-refractivity contribution < 1.29 is 4.52 Å². The van der Waals surface area contributed by atoms with E-state index < -0.39 is 0 Å². The van der Waals surface area contributed by atoms with Crippen LogP contribution in [0.1, 0.15) is 30.6 Å². The third-order valence-corrected chi connectivity index (χ3v) is 3.93. The molecule has 1 aliphatic rings. The van der Waals surface area contributed by atoms with Gasteiger partial charge in [-0.2, -0.15) is 0 Å². The largest absolute Gasteiger partial charge is 0.361 e. The van der Waals surface area contributed by atoms with Crippen LogP contribution in [0.25, 0.3) is 0 Å². The molecule has 0 unspecified atom stereocenters. The first-order valence-electron chi connectivity index (χ1n) is 7.86. The number of tetrazole rings is 1. The lowest BCUT2D eigenvalue weighted by molar-refractivity contribution is 0.116. The standard InChI is InChI=1S/C14H23N7O/c1-3-4-21-14(15-17-18-21)11-20-7-5-19(6-8-20)10-13-9-12(2)22-16-13/h9H,3-8,10-11H2,1-2H3. The first kappa shape index (κ1) is 15.1. The zero-order valence-electron chi connectivity index (χ0n) is 13.3. The second-order valence-corrected chi connectivity index (χ2v) is 5.80. The zero-order chi connectivity index (χ0) is 15.4. The average Bonchev–Trinajstić information content (AvgIpc) is 3.11. The first-order chi connectivity index (χ1) is 10.7. The molecule has 8 nitrogen and oxygen atoms in total. The third kappa shape index (κ3) is 3.69. The zero-order valence-corrected chi connectivity index (χ0v) is 13.3. The molecule has 1 fully saturated rings. The van der Waals surface area contributed by atoms with Crippen LogP contribution in [0.5, 0.6) is 0 Å². The van der Waals surface area contributed by atoms with Gasteiger partial charge < -0.3 is 4.52 Å². The Hall–Kier alpha value is -1.80. The molecule has 2 aromatic heterocycles. The van der Waals surface area contributed by atoms with Gasteiger partial charge in [0.25, 0.3) is 0 Å². The summed E-state index contributed by atoms with van der Waals surface area (Å²) in [5.41, 5.74) is 1.01. The minimum atomic E-state index is 0.823. The fourth-order valence-electron chi connectivity index (χ4n) is 2.75. The van der Waals surface area contributed by atoms with Gasteiger partial charge in [-0.1, -0.05) is 12.1 Å². The lowest BCUT2D eigenvalue weighted by atomic mass is 10.2. The highest BCUT2D eigenvalue weighted by Crippen LogP contribution is 2.10. The van der Waals surface area contributed by atoms with E-state index in [4.69, 9.17) is 4.52 Å². The molecule has 1 saturated heterocycles. The molecule has 0 saturated carbocycles. The molecule has 0 aliphatic carbocycles. The van der Waals surface area contributed by atoms with Crippen LogP contribution in [0.2, 0.25) is 0 Å². The molecule has 0 aromatic carbocycles. The molecule has 0 amide bonds. The van der Waals surface area contributed by atoms with Crippen LogP contribution >= 0.6 is 0 Å². The first-order valence-corrected chi connectivity index (χ1v) is 7.86. The molecule has 120 valence electrons. The summed E-state index contributed by atoms with van der Waals surface area (Å²) in [4.78, 5) is 4.81. The number of nitrogens with zero attached hydrogens (tertiary/aromatic N) is 7. The van der Waals surface area contributed by atoms with E-state index in [1.165, 1.54) is 0 Å². The topological polar surface area (TPSA) is 76.1 Å². The van der Waals surface area contributed by atoms with E-state index >= 15 is 0 Å². The second kappa shape index (κ2) is 6.97.